The summed E-state index contributed by atoms with van der Waals surface area (Å²) in [6.07, 6.45) is 5.25. The molecule has 2 heterocycles. The summed E-state index contributed by atoms with van der Waals surface area (Å²) >= 11 is 6.01. The quantitative estimate of drug-likeness (QED) is 0.511. The van der Waals surface area contributed by atoms with E-state index >= 15 is 0 Å². The molecule has 5 nitrogen and oxygen atoms in total. The third kappa shape index (κ3) is 3.69. The Morgan fingerprint density at radius 1 is 1.00 bits per heavy atom. The molecule has 1 aliphatic heterocycles. The number of hydrogen-bond donors (Lipinski definition) is 2. The van der Waals surface area contributed by atoms with Gasteiger partial charge in [-0.25, -0.2) is 0 Å². The second-order valence-corrected chi connectivity index (χ2v) is 7.21. The lowest BCUT2D eigenvalue weighted by molar-refractivity contribution is -0.112. The number of benzene rings is 2. The van der Waals surface area contributed by atoms with Crippen LogP contribution in [-0.2, 0) is 4.79 Å². The fraction of sp³-hybridized carbons (Fsp3) is 0.238. The van der Waals surface area contributed by atoms with E-state index in [1.54, 1.807) is 24.4 Å². The maximum absolute atomic E-state index is 12.6. The Kier molecular flexibility index (Phi) is 4.86. The third-order valence-corrected chi connectivity index (χ3v) is 5.18. The van der Waals surface area contributed by atoms with Gasteiger partial charge < -0.3 is 15.2 Å². The molecular weight excluding hydrogens is 362 g/mol. The lowest BCUT2D eigenvalue weighted by Gasteiger charge is -2.28. The highest BCUT2D eigenvalue weighted by Gasteiger charge is 2.20. The minimum absolute atomic E-state index is 0.315. The first-order chi connectivity index (χ1) is 13.1. The molecule has 27 heavy (non-hydrogen) atoms. The van der Waals surface area contributed by atoms with Crippen molar-refractivity contribution >= 4 is 45.6 Å². The van der Waals surface area contributed by atoms with Crippen LogP contribution < -0.4 is 10.2 Å². The molecule has 1 aromatic heterocycles. The lowest BCUT2D eigenvalue weighted by atomic mass is 10.1. The van der Waals surface area contributed by atoms with Gasteiger partial charge in [0.15, 0.2) is 0 Å². The first-order valence-corrected chi connectivity index (χ1v) is 9.47. The van der Waals surface area contributed by atoms with E-state index in [1.807, 2.05) is 24.3 Å². The summed E-state index contributed by atoms with van der Waals surface area (Å²) in [5.41, 5.74) is 2.83. The van der Waals surface area contributed by atoms with Crippen molar-refractivity contribution in [3.05, 3.63) is 59.2 Å². The molecule has 4 rings (SSSR count). The molecule has 1 fully saturated rings. The topological polar surface area (TPSA) is 65.2 Å². The van der Waals surface area contributed by atoms with Gasteiger partial charge in [0, 0.05) is 46.6 Å². The highest BCUT2D eigenvalue weighted by Crippen LogP contribution is 2.24. The molecule has 6 heteroatoms. The standard InChI is InChI=1S/C21H20ClN3O2/c22-14-4-9-19-17(12-14)18(13-23-19)20(26)21(27)24-15-5-7-16(8-6-15)25-10-2-1-3-11-25/h4-9,12-13,23H,1-3,10-11H2,(H,24,27). The van der Waals surface area contributed by atoms with Crippen LogP contribution in [0.2, 0.25) is 5.02 Å². The summed E-state index contributed by atoms with van der Waals surface area (Å²) in [4.78, 5) is 30.3. The molecule has 0 atom stereocenters. The fourth-order valence-corrected chi connectivity index (χ4v) is 3.67. The normalized spacial score (nSPS) is 14.3. The van der Waals surface area contributed by atoms with Crippen LogP contribution in [-0.4, -0.2) is 29.8 Å². The second kappa shape index (κ2) is 7.45. The van der Waals surface area contributed by atoms with Gasteiger partial charge in [0.25, 0.3) is 11.7 Å². The van der Waals surface area contributed by atoms with Crippen molar-refractivity contribution in [1.29, 1.82) is 0 Å². The number of hydrogen-bond acceptors (Lipinski definition) is 3. The number of fused-ring (bicyclic) bond motifs is 1. The van der Waals surface area contributed by atoms with Gasteiger partial charge in [-0.3, -0.25) is 9.59 Å². The molecule has 1 aliphatic rings. The zero-order valence-electron chi connectivity index (χ0n) is 14.8. The van der Waals surface area contributed by atoms with E-state index in [9.17, 15) is 9.59 Å². The van der Waals surface area contributed by atoms with Crippen LogP contribution in [0.15, 0.2) is 48.7 Å². The predicted molar refractivity (Wildman–Crippen MR) is 109 cm³/mol. The van der Waals surface area contributed by atoms with Crippen molar-refractivity contribution in [2.75, 3.05) is 23.3 Å². The van der Waals surface area contributed by atoms with E-state index in [2.05, 4.69) is 15.2 Å². The average Bonchev–Trinajstić information content (AvgIpc) is 3.11. The molecule has 0 unspecified atom stereocenters. The Bertz CT molecular complexity index is 988. The first-order valence-electron chi connectivity index (χ1n) is 9.09. The van der Waals surface area contributed by atoms with Crippen molar-refractivity contribution in [3.8, 4) is 0 Å². The number of anilines is 2. The minimum atomic E-state index is -0.665. The summed E-state index contributed by atoms with van der Waals surface area (Å²) in [5.74, 6) is -1.26. The third-order valence-electron chi connectivity index (χ3n) is 4.94. The monoisotopic (exact) mass is 381 g/mol. The van der Waals surface area contributed by atoms with E-state index in [4.69, 9.17) is 11.6 Å². The van der Waals surface area contributed by atoms with Crippen LogP contribution in [0.3, 0.4) is 0 Å². The highest BCUT2D eigenvalue weighted by molar-refractivity contribution is 6.48. The molecule has 3 aromatic rings. The number of carbonyl (C=O) groups is 2. The molecule has 0 radical (unpaired) electrons. The summed E-state index contributed by atoms with van der Waals surface area (Å²) in [5, 5.41) is 3.85. The van der Waals surface area contributed by atoms with Crippen LogP contribution in [0.1, 0.15) is 29.6 Å². The SMILES string of the molecule is O=C(Nc1ccc(N2CCCCC2)cc1)C(=O)c1c[nH]c2ccc(Cl)cc12. The molecule has 2 N–H and O–H groups in total. The Hall–Kier alpha value is -2.79. The van der Waals surface area contributed by atoms with Gasteiger partial charge in [-0.15, -0.1) is 0 Å². The van der Waals surface area contributed by atoms with Crippen molar-refractivity contribution in [2.45, 2.75) is 19.3 Å². The van der Waals surface area contributed by atoms with Gasteiger partial charge in [-0.05, 0) is 61.7 Å². The van der Waals surface area contributed by atoms with E-state index in [0.717, 1.165) is 24.3 Å². The number of halogens is 1. The molecule has 138 valence electrons. The molecule has 2 aromatic carbocycles. The summed E-state index contributed by atoms with van der Waals surface area (Å²) in [7, 11) is 0. The number of Topliss-reactive ketones (excluding diaryl/α,β-unsaturated/α-hetero) is 1. The average molecular weight is 382 g/mol. The Morgan fingerprint density at radius 2 is 1.74 bits per heavy atom. The molecule has 0 aliphatic carbocycles. The number of carbonyl (C=O) groups excluding carboxylic acids is 2. The maximum Gasteiger partial charge on any atom is 0.296 e. The molecule has 0 saturated carbocycles. The smallest absolute Gasteiger partial charge is 0.296 e. The van der Waals surface area contributed by atoms with Gasteiger partial charge in [-0.1, -0.05) is 11.6 Å². The first kappa shape index (κ1) is 17.6. The molecule has 0 spiro atoms. The number of amides is 1. The van der Waals surface area contributed by atoms with Crippen LogP contribution in [0.4, 0.5) is 11.4 Å². The summed E-state index contributed by atoms with van der Waals surface area (Å²) in [6, 6.07) is 12.8. The van der Waals surface area contributed by atoms with Gasteiger partial charge in [0.2, 0.25) is 0 Å². The molecule has 1 amide bonds. The van der Waals surface area contributed by atoms with Gasteiger partial charge >= 0.3 is 0 Å². The number of ketones is 1. The van der Waals surface area contributed by atoms with Crippen LogP contribution in [0, 0.1) is 0 Å². The Morgan fingerprint density at radius 3 is 2.48 bits per heavy atom. The summed E-state index contributed by atoms with van der Waals surface area (Å²) < 4.78 is 0. The number of piperidine rings is 1. The van der Waals surface area contributed by atoms with Crippen LogP contribution in [0.5, 0.6) is 0 Å². The van der Waals surface area contributed by atoms with Crippen molar-refractivity contribution < 1.29 is 9.59 Å². The Labute approximate surface area is 162 Å². The highest BCUT2D eigenvalue weighted by atomic mass is 35.5. The number of H-pyrrole nitrogens is 1. The number of nitrogens with zero attached hydrogens (tertiary/aromatic N) is 1. The largest absolute Gasteiger partial charge is 0.372 e. The van der Waals surface area contributed by atoms with Gasteiger partial charge in [0.1, 0.15) is 0 Å². The summed E-state index contributed by atoms with van der Waals surface area (Å²) in [6.45, 7) is 2.13. The van der Waals surface area contributed by atoms with E-state index < -0.39 is 11.7 Å². The Balaban J connectivity index is 1.48. The van der Waals surface area contributed by atoms with Crippen LogP contribution >= 0.6 is 11.6 Å². The number of aromatic nitrogens is 1. The van der Waals surface area contributed by atoms with E-state index in [-0.39, 0.29) is 0 Å². The van der Waals surface area contributed by atoms with E-state index in [1.165, 1.54) is 19.3 Å². The van der Waals surface area contributed by atoms with Crippen LogP contribution in [0.25, 0.3) is 10.9 Å². The lowest BCUT2D eigenvalue weighted by Crippen LogP contribution is -2.29. The van der Waals surface area contributed by atoms with Gasteiger partial charge in [0.05, 0.1) is 5.56 Å². The number of nitrogens with one attached hydrogen (secondary N) is 2. The molecule has 0 bridgehead atoms. The van der Waals surface area contributed by atoms with Gasteiger partial charge in [-0.2, -0.15) is 0 Å². The fourth-order valence-electron chi connectivity index (χ4n) is 3.50. The number of aromatic amines is 1. The zero-order chi connectivity index (χ0) is 18.8. The van der Waals surface area contributed by atoms with Crippen molar-refractivity contribution in [3.63, 3.8) is 0 Å². The molecular formula is C21H20ClN3O2. The number of rotatable bonds is 4. The second-order valence-electron chi connectivity index (χ2n) is 6.77. The van der Waals surface area contributed by atoms with Crippen molar-refractivity contribution in [2.24, 2.45) is 0 Å². The zero-order valence-corrected chi connectivity index (χ0v) is 15.6. The minimum Gasteiger partial charge on any atom is -0.372 e. The van der Waals surface area contributed by atoms with E-state index in [0.29, 0.717) is 21.7 Å². The predicted octanol–water partition coefficient (Wildman–Crippen LogP) is 4.63. The maximum atomic E-state index is 12.6. The van der Waals surface area contributed by atoms with Crippen molar-refractivity contribution in [1.82, 2.24) is 4.98 Å². The molecule has 1 saturated heterocycles.